The third-order valence-corrected chi connectivity index (χ3v) is 5.83. The van der Waals surface area contributed by atoms with Crippen molar-refractivity contribution in [1.29, 1.82) is 0 Å². The number of hydrogen-bond donors (Lipinski definition) is 1. The summed E-state index contributed by atoms with van der Waals surface area (Å²) >= 11 is 5.81. The predicted octanol–water partition coefficient (Wildman–Crippen LogP) is 3.14. The Kier molecular flexibility index (Phi) is 5.81. The van der Waals surface area contributed by atoms with Gasteiger partial charge in [-0.2, -0.15) is 0 Å². The van der Waals surface area contributed by atoms with Crippen molar-refractivity contribution in [1.82, 2.24) is 10.3 Å². The molecule has 1 N–H and O–H groups in total. The third kappa shape index (κ3) is 4.07. The molecular weight excluding hydrogens is 404 g/mol. The van der Waals surface area contributed by atoms with E-state index in [2.05, 4.69) is 15.2 Å². The molecule has 2 heterocycles. The van der Waals surface area contributed by atoms with Gasteiger partial charge in [-0.05, 0) is 43.5 Å². The van der Waals surface area contributed by atoms with Crippen LogP contribution in [0, 0.1) is 0 Å². The van der Waals surface area contributed by atoms with Crippen LogP contribution in [-0.4, -0.2) is 48.9 Å². The number of pyridine rings is 1. The summed E-state index contributed by atoms with van der Waals surface area (Å²) in [5.41, 5.74) is 2.04. The molecule has 8 heteroatoms. The van der Waals surface area contributed by atoms with Crippen LogP contribution >= 0.6 is 11.6 Å². The van der Waals surface area contributed by atoms with E-state index in [-0.39, 0.29) is 23.7 Å². The minimum atomic E-state index is -0.240. The second kappa shape index (κ2) is 8.52. The van der Waals surface area contributed by atoms with Gasteiger partial charge in [-0.25, -0.2) is 4.98 Å². The van der Waals surface area contributed by atoms with E-state index in [1.54, 1.807) is 24.3 Å². The quantitative estimate of drug-likeness (QED) is 0.715. The molecule has 1 saturated carbocycles. The van der Waals surface area contributed by atoms with Crippen LogP contribution in [0.1, 0.15) is 41.7 Å². The molecule has 1 aliphatic heterocycles. The third-order valence-electron chi connectivity index (χ3n) is 5.60. The number of nitrogens with one attached hydrogen (secondary N) is 1. The van der Waals surface area contributed by atoms with Crippen LogP contribution in [0.4, 0.5) is 11.5 Å². The fourth-order valence-electron chi connectivity index (χ4n) is 3.75. The highest BCUT2D eigenvalue weighted by atomic mass is 35.5. The van der Waals surface area contributed by atoms with Crippen molar-refractivity contribution < 1.29 is 14.3 Å². The minimum Gasteiger partial charge on any atom is -0.497 e. The predicted molar refractivity (Wildman–Crippen MR) is 117 cm³/mol. The first-order valence-electron chi connectivity index (χ1n) is 10.1. The summed E-state index contributed by atoms with van der Waals surface area (Å²) < 4.78 is 5.18. The maximum atomic E-state index is 12.9. The number of carbonyl (C=O) groups excluding carboxylic acids is 2. The second-order valence-electron chi connectivity index (χ2n) is 7.64. The molecule has 0 spiro atoms. The number of nitrogens with zero attached hydrogens (tertiary/aromatic N) is 3. The van der Waals surface area contributed by atoms with Gasteiger partial charge in [0.05, 0.1) is 24.4 Å². The van der Waals surface area contributed by atoms with Gasteiger partial charge in [-0.15, -0.1) is 11.6 Å². The maximum Gasteiger partial charge on any atom is 0.253 e. The number of rotatable bonds is 6. The van der Waals surface area contributed by atoms with Crippen molar-refractivity contribution in [3.8, 4) is 5.75 Å². The highest BCUT2D eigenvalue weighted by molar-refractivity contribution is 6.29. The van der Waals surface area contributed by atoms with Crippen molar-refractivity contribution in [3.05, 3.63) is 47.7 Å². The van der Waals surface area contributed by atoms with Crippen molar-refractivity contribution in [2.45, 2.75) is 31.8 Å². The van der Waals surface area contributed by atoms with Crippen LogP contribution in [0.2, 0.25) is 0 Å². The van der Waals surface area contributed by atoms with Gasteiger partial charge in [-0.3, -0.25) is 9.59 Å². The summed E-state index contributed by atoms with van der Waals surface area (Å²) in [6.07, 6.45) is 3.84. The number of amides is 2. The lowest BCUT2D eigenvalue weighted by Gasteiger charge is -2.36. The Balaban J connectivity index is 1.56. The lowest BCUT2D eigenvalue weighted by molar-refractivity contribution is -0.116. The van der Waals surface area contributed by atoms with E-state index in [4.69, 9.17) is 16.3 Å². The zero-order chi connectivity index (χ0) is 21.3. The number of anilines is 2. The van der Waals surface area contributed by atoms with E-state index in [1.165, 1.54) is 0 Å². The molecule has 1 aliphatic carbocycles. The molecule has 1 atom stereocenters. The molecule has 1 aromatic carbocycles. The van der Waals surface area contributed by atoms with E-state index in [0.717, 1.165) is 36.5 Å². The van der Waals surface area contributed by atoms with Crippen LogP contribution in [0.25, 0.3) is 0 Å². The SMILES string of the molecule is COc1ccc(C(C)NC(=O)c2cnc3c(c2)N(C(=O)CCl)CCN3C2CC2)cc1. The number of benzene rings is 1. The molecule has 2 amide bonds. The maximum absolute atomic E-state index is 12.9. The molecule has 1 aromatic heterocycles. The van der Waals surface area contributed by atoms with Gasteiger partial charge >= 0.3 is 0 Å². The van der Waals surface area contributed by atoms with E-state index < -0.39 is 0 Å². The number of methoxy groups -OCH3 is 1. The summed E-state index contributed by atoms with van der Waals surface area (Å²) in [6, 6.07) is 9.59. The van der Waals surface area contributed by atoms with Crippen molar-refractivity contribution in [2.75, 3.05) is 35.9 Å². The van der Waals surface area contributed by atoms with Gasteiger partial charge in [0.2, 0.25) is 5.91 Å². The topological polar surface area (TPSA) is 74.8 Å². The first kappa shape index (κ1) is 20.5. The van der Waals surface area contributed by atoms with Gasteiger partial charge in [0.15, 0.2) is 5.82 Å². The summed E-state index contributed by atoms with van der Waals surface area (Å²) in [7, 11) is 1.62. The number of ether oxygens (including phenoxy) is 1. The molecule has 4 rings (SSSR count). The highest BCUT2D eigenvalue weighted by Gasteiger charge is 2.36. The average Bonchev–Trinajstić information content (AvgIpc) is 3.62. The summed E-state index contributed by atoms with van der Waals surface area (Å²) in [5.74, 6) is 0.991. The molecule has 0 bridgehead atoms. The van der Waals surface area contributed by atoms with Crippen LogP contribution in [0.15, 0.2) is 36.5 Å². The Morgan fingerprint density at radius 2 is 2.00 bits per heavy atom. The summed E-state index contributed by atoms with van der Waals surface area (Å²) in [6.45, 7) is 3.20. The van der Waals surface area contributed by atoms with E-state index >= 15 is 0 Å². The molecule has 30 heavy (non-hydrogen) atoms. The lowest BCUT2D eigenvalue weighted by Crippen LogP contribution is -2.46. The lowest BCUT2D eigenvalue weighted by atomic mass is 10.1. The Hall–Kier alpha value is -2.80. The van der Waals surface area contributed by atoms with Gasteiger partial charge in [0, 0.05) is 25.3 Å². The number of aromatic nitrogens is 1. The molecule has 158 valence electrons. The van der Waals surface area contributed by atoms with E-state index in [9.17, 15) is 9.59 Å². The largest absolute Gasteiger partial charge is 0.497 e. The molecule has 0 saturated heterocycles. The Labute approximate surface area is 181 Å². The molecule has 2 aliphatic rings. The van der Waals surface area contributed by atoms with Crippen molar-refractivity contribution in [3.63, 3.8) is 0 Å². The molecule has 0 radical (unpaired) electrons. The standard InChI is InChI=1S/C22H25ClN4O3/c1-14(15-3-7-18(30-2)8-4-15)25-22(29)16-11-19-21(24-13-16)26(17-5-6-17)9-10-27(19)20(28)12-23/h3-4,7-8,11,13-14,17H,5-6,9-10,12H2,1-2H3,(H,25,29). The smallest absolute Gasteiger partial charge is 0.253 e. The van der Waals surface area contributed by atoms with Gasteiger partial charge in [-0.1, -0.05) is 12.1 Å². The second-order valence-corrected chi connectivity index (χ2v) is 7.91. The zero-order valence-corrected chi connectivity index (χ0v) is 17.9. The first-order chi connectivity index (χ1) is 14.5. The highest BCUT2D eigenvalue weighted by Crippen LogP contribution is 2.39. The van der Waals surface area contributed by atoms with Crippen LogP contribution < -0.4 is 19.9 Å². The number of fused-ring (bicyclic) bond motifs is 1. The zero-order valence-electron chi connectivity index (χ0n) is 17.1. The Morgan fingerprint density at radius 1 is 1.27 bits per heavy atom. The number of alkyl halides is 1. The van der Waals surface area contributed by atoms with Gasteiger partial charge in [0.25, 0.3) is 5.91 Å². The molecular formula is C22H25ClN4O3. The minimum absolute atomic E-state index is 0.103. The van der Waals surface area contributed by atoms with Crippen LogP contribution in [0.5, 0.6) is 5.75 Å². The van der Waals surface area contributed by atoms with Crippen molar-refractivity contribution >= 4 is 34.9 Å². The fourth-order valence-corrected chi connectivity index (χ4v) is 3.90. The molecule has 1 unspecified atom stereocenters. The monoisotopic (exact) mass is 428 g/mol. The van der Waals surface area contributed by atoms with Crippen molar-refractivity contribution in [2.24, 2.45) is 0 Å². The summed E-state index contributed by atoms with van der Waals surface area (Å²) in [4.78, 5) is 33.7. The number of halogens is 1. The van der Waals surface area contributed by atoms with Gasteiger partial charge in [0.1, 0.15) is 11.6 Å². The van der Waals surface area contributed by atoms with Crippen LogP contribution in [0.3, 0.4) is 0 Å². The number of hydrogen-bond acceptors (Lipinski definition) is 5. The first-order valence-corrected chi connectivity index (χ1v) is 10.6. The molecule has 1 fully saturated rings. The van der Waals surface area contributed by atoms with Gasteiger partial charge < -0.3 is 19.9 Å². The van der Waals surface area contributed by atoms with E-state index in [1.807, 2.05) is 31.2 Å². The normalized spacial score (nSPS) is 16.6. The number of carbonyl (C=O) groups is 2. The van der Waals surface area contributed by atoms with Crippen LogP contribution in [-0.2, 0) is 4.79 Å². The average molecular weight is 429 g/mol. The molecule has 2 aromatic rings. The summed E-state index contributed by atoms with van der Waals surface area (Å²) in [5, 5.41) is 3.00. The Morgan fingerprint density at radius 3 is 2.63 bits per heavy atom. The fraction of sp³-hybridized carbons (Fsp3) is 0.409. The Bertz CT molecular complexity index is 946. The molecule has 7 nitrogen and oxygen atoms in total. The van der Waals surface area contributed by atoms with E-state index in [0.29, 0.717) is 23.8 Å².